The van der Waals surface area contributed by atoms with Crippen molar-refractivity contribution in [1.29, 1.82) is 0 Å². The first-order valence-corrected chi connectivity index (χ1v) is 7.29. The van der Waals surface area contributed by atoms with Crippen LogP contribution in [0, 0.1) is 5.41 Å². The van der Waals surface area contributed by atoms with Crippen LogP contribution in [0.5, 0.6) is 0 Å². The van der Waals surface area contributed by atoms with E-state index in [9.17, 15) is 22.8 Å². The fourth-order valence-electron chi connectivity index (χ4n) is 1.49. The van der Waals surface area contributed by atoms with E-state index in [0.717, 1.165) is 0 Å². The molecule has 0 aromatic heterocycles. The number of benzene rings is 1. The van der Waals surface area contributed by atoms with Crippen LogP contribution in [0.4, 0.5) is 24.5 Å². The second-order valence-electron chi connectivity index (χ2n) is 6.34. The maximum atomic E-state index is 12.0. The highest BCUT2D eigenvalue weighted by Gasteiger charge is 2.30. The number of halogens is 3. The standard InChI is InChI=1S/C16H21F3N2O3/c1-10(24-9-16(17,18)19)13(22)20-11-5-7-12(8-6-11)21-14(23)15(2,3)4/h5-8,10H,9H2,1-4H3,(H,20,22)(H,21,23). The number of nitrogens with one attached hydrogen (secondary N) is 2. The Bertz CT molecular complexity index is 578. The number of anilines is 2. The van der Waals surface area contributed by atoms with Crippen molar-refractivity contribution in [3.63, 3.8) is 0 Å². The molecule has 134 valence electrons. The van der Waals surface area contributed by atoms with Gasteiger partial charge in [0.05, 0.1) is 0 Å². The van der Waals surface area contributed by atoms with E-state index in [1.54, 1.807) is 32.9 Å². The molecule has 0 aliphatic heterocycles. The Balaban J connectivity index is 2.57. The lowest BCUT2D eigenvalue weighted by Crippen LogP contribution is -2.31. The maximum Gasteiger partial charge on any atom is 0.411 e. The van der Waals surface area contributed by atoms with Crippen molar-refractivity contribution in [2.75, 3.05) is 17.2 Å². The third-order valence-corrected chi connectivity index (χ3v) is 2.96. The smallest absolute Gasteiger partial charge is 0.359 e. The number of carbonyl (C=O) groups excluding carboxylic acids is 2. The highest BCUT2D eigenvalue weighted by Crippen LogP contribution is 2.20. The lowest BCUT2D eigenvalue weighted by atomic mass is 9.95. The Labute approximate surface area is 138 Å². The molecule has 0 fully saturated rings. The number of alkyl halides is 3. The molecule has 8 heteroatoms. The minimum absolute atomic E-state index is 0.159. The van der Waals surface area contributed by atoms with Crippen LogP contribution in [-0.2, 0) is 14.3 Å². The summed E-state index contributed by atoms with van der Waals surface area (Å²) in [7, 11) is 0. The summed E-state index contributed by atoms with van der Waals surface area (Å²) < 4.78 is 40.6. The molecular weight excluding hydrogens is 325 g/mol. The molecule has 2 amide bonds. The van der Waals surface area contributed by atoms with Crippen LogP contribution in [0.2, 0.25) is 0 Å². The van der Waals surface area contributed by atoms with Crippen LogP contribution in [0.25, 0.3) is 0 Å². The molecular formula is C16H21F3N2O3. The molecule has 24 heavy (non-hydrogen) atoms. The largest absolute Gasteiger partial charge is 0.411 e. The van der Waals surface area contributed by atoms with Crippen molar-refractivity contribution in [3.8, 4) is 0 Å². The third kappa shape index (κ3) is 6.99. The normalized spacial score (nSPS) is 13.3. The first-order valence-electron chi connectivity index (χ1n) is 7.29. The average molecular weight is 346 g/mol. The van der Waals surface area contributed by atoms with Crippen LogP contribution in [0.3, 0.4) is 0 Å². The van der Waals surface area contributed by atoms with Gasteiger partial charge in [-0.3, -0.25) is 9.59 Å². The summed E-state index contributed by atoms with van der Waals surface area (Å²) >= 11 is 0. The summed E-state index contributed by atoms with van der Waals surface area (Å²) in [5.74, 6) is -0.848. The van der Waals surface area contributed by atoms with Gasteiger partial charge in [-0.25, -0.2) is 0 Å². The molecule has 1 aromatic rings. The van der Waals surface area contributed by atoms with Crippen molar-refractivity contribution in [2.45, 2.75) is 40.0 Å². The fraction of sp³-hybridized carbons (Fsp3) is 0.500. The summed E-state index contributed by atoms with van der Waals surface area (Å²) in [5, 5.41) is 5.17. The number of amides is 2. The van der Waals surface area contributed by atoms with E-state index in [-0.39, 0.29) is 5.91 Å². The highest BCUT2D eigenvalue weighted by molar-refractivity contribution is 5.96. The van der Waals surface area contributed by atoms with Gasteiger partial charge in [-0.1, -0.05) is 20.8 Å². The minimum Gasteiger partial charge on any atom is -0.359 e. The Kier molecular flexibility index (Phi) is 6.36. The topological polar surface area (TPSA) is 67.4 Å². The van der Waals surface area contributed by atoms with Crippen LogP contribution < -0.4 is 10.6 Å². The predicted molar refractivity (Wildman–Crippen MR) is 84.6 cm³/mol. The predicted octanol–water partition coefficient (Wildman–Crippen LogP) is 3.58. The van der Waals surface area contributed by atoms with Crippen molar-refractivity contribution in [2.24, 2.45) is 5.41 Å². The molecule has 0 radical (unpaired) electrons. The van der Waals surface area contributed by atoms with Gasteiger partial charge in [0, 0.05) is 16.8 Å². The summed E-state index contributed by atoms with van der Waals surface area (Å²) in [6, 6.07) is 6.24. The summed E-state index contributed by atoms with van der Waals surface area (Å²) in [6.07, 6.45) is -5.73. The molecule has 0 saturated carbocycles. The Morgan fingerprint density at radius 2 is 1.50 bits per heavy atom. The van der Waals surface area contributed by atoms with E-state index in [0.29, 0.717) is 11.4 Å². The first-order chi connectivity index (χ1) is 10.9. The zero-order chi connectivity index (χ0) is 18.5. The Morgan fingerprint density at radius 3 is 1.92 bits per heavy atom. The first kappa shape index (κ1) is 20.0. The van der Waals surface area contributed by atoms with Gasteiger partial charge in [0.25, 0.3) is 5.91 Å². The molecule has 0 heterocycles. The number of rotatable bonds is 5. The summed E-state index contributed by atoms with van der Waals surface area (Å²) in [4.78, 5) is 23.6. The zero-order valence-corrected chi connectivity index (χ0v) is 14.0. The highest BCUT2D eigenvalue weighted by atomic mass is 19.4. The van der Waals surface area contributed by atoms with Crippen LogP contribution in [0.1, 0.15) is 27.7 Å². The molecule has 1 aromatic carbocycles. The van der Waals surface area contributed by atoms with Gasteiger partial charge < -0.3 is 15.4 Å². The van der Waals surface area contributed by atoms with Gasteiger partial charge in [-0.05, 0) is 31.2 Å². The monoisotopic (exact) mass is 346 g/mol. The number of carbonyl (C=O) groups is 2. The van der Waals surface area contributed by atoms with Gasteiger partial charge >= 0.3 is 6.18 Å². The van der Waals surface area contributed by atoms with Gasteiger partial charge in [0.1, 0.15) is 12.7 Å². The van der Waals surface area contributed by atoms with E-state index < -0.39 is 30.2 Å². The molecule has 1 rings (SSSR count). The lowest BCUT2D eigenvalue weighted by molar-refractivity contribution is -0.184. The molecule has 2 N–H and O–H groups in total. The molecule has 5 nitrogen and oxygen atoms in total. The van der Waals surface area contributed by atoms with Crippen molar-refractivity contribution in [3.05, 3.63) is 24.3 Å². The van der Waals surface area contributed by atoms with E-state index >= 15 is 0 Å². The van der Waals surface area contributed by atoms with E-state index in [1.807, 2.05) is 0 Å². The van der Waals surface area contributed by atoms with Gasteiger partial charge in [-0.15, -0.1) is 0 Å². The Morgan fingerprint density at radius 1 is 1.04 bits per heavy atom. The second kappa shape index (κ2) is 7.65. The lowest BCUT2D eigenvalue weighted by Gasteiger charge is -2.18. The van der Waals surface area contributed by atoms with Gasteiger partial charge in [0.2, 0.25) is 5.91 Å². The van der Waals surface area contributed by atoms with E-state index in [2.05, 4.69) is 15.4 Å². The quantitative estimate of drug-likeness (QED) is 0.856. The molecule has 1 unspecified atom stereocenters. The fourth-order valence-corrected chi connectivity index (χ4v) is 1.49. The summed E-state index contributed by atoms with van der Waals surface area (Å²) in [6.45, 7) is 5.08. The van der Waals surface area contributed by atoms with Crippen LogP contribution in [0.15, 0.2) is 24.3 Å². The van der Waals surface area contributed by atoms with E-state index in [4.69, 9.17) is 0 Å². The SMILES string of the molecule is CC(OCC(F)(F)F)C(=O)Nc1ccc(NC(=O)C(C)(C)C)cc1. The third-order valence-electron chi connectivity index (χ3n) is 2.96. The number of hydrogen-bond donors (Lipinski definition) is 2. The van der Waals surface area contributed by atoms with E-state index in [1.165, 1.54) is 19.1 Å². The molecule has 0 spiro atoms. The minimum atomic E-state index is -4.48. The van der Waals surface area contributed by atoms with Crippen molar-refractivity contribution >= 4 is 23.2 Å². The van der Waals surface area contributed by atoms with Crippen LogP contribution in [-0.4, -0.2) is 30.7 Å². The molecule has 0 aliphatic rings. The Hall–Kier alpha value is -2.09. The van der Waals surface area contributed by atoms with Crippen molar-refractivity contribution in [1.82, 2.24) is 0 Å². The number of ether oxygens (including phenoxy) is 1. The second-order valence-corrected chi connectivity index (χ2v) is 6.34. The summed E-state index contributed by atoms with van der Waals surface area (Å²) in [5.41, 5.74) is 0.392. The van der Waals surface area contributed by atoms with Gasteiger partial charge in [-0.2, -0.15) is 13.2 Å². The molecule has 0 bridgehead atoms. The molecule has 0 aliphatic carbocycles. The number of hydrogen-bond acceptors (Lipinski definition) is 3. The zero-order valence-electron chi connectivity index (χ0n) is 14.0. The molecule has 1 atom stereocenters. The van der Waals surface area contributed by atoms with Gasteiger partial charge in [0.15, 0.2) is 0 Å². The average Bonchev–Trinajstić information content (AvgIpc) is 2.44. The maximum absolute atomic E-state index is 12.0. The van der Waals surface area contributed by atoms with Crippen LogP contribution >= 0.6 is 0 Å². The molecule has 0 saturated heterocycles. The van der Waals surface area contributed by atoms with Crippen molar-refractivity contribution < 1.29 is 27.5 Å².